The molecule has 2 saturated heterocycles. The minimum absolute atomic E-state index is 0.00950. The number of hydrogen-bond donors (Lipinski definition) is 1. The molecule has 0 aromatic heterocycles. The van der Waals surface area contributed by atoms with E-state index in [1.807, 2.05) is 52.9 Å². The van der Waals surface area contributed by atoms with Crippen LogP contribution in [0.3, 0.4) is 0 Å². The summed E-state index contributed by atoms with van der Waals surface area (Å²) in [5, 5.41) is 10.5. The number of ether oxygens (including phenoxy) is 2. The molecule has 0 radical (unpaired) electrons. The Labute approximate surface area is 268 Å². The molecule has 1 N–H and O–H groups in total. The number of anilines is 2. The molecule has 5 aliphatic rings. The smallest absolute Gasteiger partial charge is 0.238 e. The number of halogens is 1. The third-order valence-electron chi connectivity index (χ3n) is 9.65. The van der Waals surface area contributed by atoms with Crippen molar-refractivity contribution < 1.29 is 33.8 Å². The molecule has 2 aromatic carbocycles. The van der Waals surface area contributed by atoms with Crippen LogP contribution in [0.4, 0.5) is 11.4 Å². The largest absolute Gasteiger partial charge is 0.504 e. The summed E-state index contributed by atoms with van der Waals surface area (Å²) >= 11 is 2.02. The molecule has 2 amide bonds. The van der Waals surface area contributed by atoms with Gasteiger partial charge >= 0.3 is 0 Å². The van der Waals surface area contributed by atoms with Crippen molar-refractivity contribution in [3.05, 3.63) is 80.0 Å². The van der Waals surface area contributed by atoms with Crippen molar-refractivity contribution in [1.82, 2.24) is 0 Å². The monoisotopic (exact) mass is 706 g/mol. The number of nitrogens with zero attached hydrogens (tertiary/aromatic N) is 2. The minimum atomic E-state index is -0.662. The van der Waals surface area contributed by atoms with Crippen LogP contribution in [-0.2, 0) is 23.9 Å². The molecule has 2 fully saturated rings. The van der Waals surface area contributed by atoms with Gasteiger partial charge in [-0.05, 0) is 96.3 Å². The van der Waals surface area contributed by atoms with E-state index in [2.05, 4.69) is 4.90 Å². The van der Waals surface area contributed by atoms with Gasteiger partial charge in [-0.2, -0.15) is 0 Å². The van der Waals surface area contributed by atoms with Crippen molar-refractivity contribution >= 4 is 57.3 Å². The highest BCUT2D eigenvalue weighted by Crippen LogP contribution is 2.56. The number of Topliss-reactive ketones (excluding diaryl/α,β-unsaturated/α-hetero) is 1. The van der Waals surface area contributed by atoms with E-state index in [4.69, 9.17) is 9.47 Å². The van der Waals surface area contributed by atoms with E-state index in [1.165, 1.54) is 18.1 Å². The summed E-state index contributed by atoms with van der Waals surface area (Å²) in [6.07, 6.45) is 3.94. The fourth-order valence-electron chi connectivity index (χ4n) is 7.57. The average molecular weight is 707 g/mol. The maximum absolute atomic E-state index is 14.2. The van der Waals surface area contributed by atoms with Gasteiger partial charge in [-0.15, -0.1) is 0 Å². The van der Waals surface area contributed by atoms with Gasteiger partial charge in [0, 0.05) is 41.4 Å². The Kier molecular flexibility index (Phi) is 7.24. The number of morpholine rings is 1. The molecule has 4 atom stereocenters. The van der Waals surface area contributed by atoms with Gasteiger partial charge in [0.2, 0.25) is 11.8 Å². The predicted molar refractivity (Wildman–Crippen MR) is 171 cm³/mol. The summed E-state index contributed by atoms with van der Waals surface area (Å²) in [5.41, 5.74) is 4.24. The number of allylic oxidation sites excluding steroid dienone is 6. The van der Waals surface area contributed by atoms with Crippen LogP contribution in [0, 0.1) is 21.3 Å². The Balaban J connectivity index is 1.28. The first-order valence-corrected chi connectivity index (χ1v) is 15.8. The number of phenolic OH excluding ortho intramolecular Hbond substituents is 1. The summed E-state index contributed by atoms with van der Waals surface area (Å²) in [4.78, 5) is 58.7. The summed E-state index contributed by atoms with van der Waals surface area (Å²) in [6, 6.07) is 11.0. The van der Waals surface area contributed by atoms with Gasteiger partial charge in [0.25, 0.3) is 0 Å². The fraction of sp³-hybridized carbons (Fsp3) is 0.353. The van der Waals surface area contributed by atoms with Crippen molar-refractivity contribution in [2.75, 3.05) is 43.2 Å². The third-order valence-corrected chi connectivity index (χ3v) is 10.5. The van der Waals surface area contributed by atoms with E-state index in [9.17, 15) is 24.3 Å². The van der Waals surface area contributed by atoms with Crippen LogP contribution in [0.1, 0.15) is 31.2 Å². The second-order valence-corrected chi connectivity index (χ2v) is 13.1. The number of carbonyl (C=O) groups excluding carboxylic acids is 4. The molecule has 7 rings (SSSR count). The zero-order chi connectivity index (χ0) is 30.9. The van der Waals surface area contributed by atoms with Gasteiger partial charge in [0.15, 0.2) is 23.1 Å². The van der Waals surface area contributed by atoms with Gasteiger partial charge < -0.3 is 19.5 Å². The lowest BCUT2D eigenvalue weighted by Crippen LogP contribution is -2.39. The highest BCUT2D eigenvalue weighted by molar-refractivity contribution is 14.1. The number of amides is 2. The van der Waals surface area contributed by atoms with Crippen LogP contribution in [0.5, 0.6) is 11.5 Å². The van der Waals surface area contributed by atoms with Crippen LogP contribution in [-0.4, -0.2) is 61.9 Å². The van der Waals surface area contributed by atoms with Crippen molar-refractivity contribution in [2.24, 2.45) is 17.8 Å². The maximum Gasteiger partial charge on any atom is 0.238 e. The summed E-state index contributed by atoms with van der Waals surface area (Å²) < 4.78 is 11.4. The van der Waals surface area contributed by atoms with E-state index in [1.54, 1.807) is 19.1 Å². The van der Waals surface area contributed by atoms with Gasteiger partial charge in [-0.25, -0.2) is 0 Å². The molecule has 0 bridgehead atoms. The van der Waals surface area contributed by atoms with Gasteiger partial charge in [-0.3, -0.25) is 24.1 Å². The SMILES string of the molecule is COc1cc([C@H]2C3=CC[C@@H]4C(=O)N(c5ccc(N6CCOCC6)cc5)C(=O)[C@@H]4[C@@H]3CC3=C2C(=O)C=C(C)C3=O)cc(I)c1O. The van der Waals surface area contributed by atoms with Crippen molar-refractivity contribution in [3.63, 3.8) is 0 Å². The quantitative estimate of drug-likeness (QED) is 0.215. The summed E-state index contributed by atoms with van der Waals surface area (Å²) in [7, 11) is 1.46. The zero-order valence-electron chi connectivity index (χ0n) is 24.3. The number of benzene rings is 2. The molecule has 2 aromatic rings. The van der Waals surface area contributed by atoms with E-state index >= 15 is 0 Å². The minimum Gasteiger partial charge on any atom is -0.504 e. The fourth-order valence-corrected chi connectivity index (χ4v) is 8.19. The standard InChI is InChI=1S/C34H31IN2O7/c1-17-13-26(38)30-24(31(17)39)16-23-21(28(30)18-14-25(35)32(40)27(15-18)43-2)7-8-22-29(23)34(42)37(33(22)41)20-5-3-19(4-6-20)36-9-11-44-12-10-36/h3-7,13-15,22-23,28-29,40H,8-12,16H2,1-2H3/t22-,23+,28-,29-/m0/s1. The highest BCUT2D eigenvalue weighted by Gasteiger charge is 2.56. The number of fused-ring (bicyclic) bond motifs is 3. The molecule has 0 spiro atoms. The normalized spacial score (nSPS) is 26.7. The molecule has 3 aliphatic carbocycles. The average Bonchev–Trinajstić information content (AvgIpc) is 3.30. The van der Waals surface area contributed by atoms with Gasteiger partial charge in [0.05, 0.1) is 41.4 Å². The Morgan fingerprint density at radius 2 is 1.68 bits per heavy atom. The number of rotatable bonds is 4. The van der Waals surface area contributed by atoms with Crippen LogP contribution >= 0.6 is 22.6 Å². The van der Waals surface area contributed by atoms with Crippen molar-refractivity contribution in [3.8, 4) is 11.5 Å². The van der Waals surface area contributed by atoms with Crippen LogP contribution in [0.15, 0.2) is 70.8 Å². The first-order chi connectivity index (χ1) is 21.2. The molecule has 0 unspecified atom stereocenters. The Hall–Kier alpha value is -3.77. The van der Waals surface area contributed by atoms with Gasteiger partial charge in [0.1, 0.15) is 0 Å². The van der Waals surface area contributed by atoms with Crippen LogP contribution in [0.25, 0.3) is 0 Å². The van der Waals surface area contributed by atoms with E-state index in [0.717, 1.165) is 24.4 Å². The molecule has 0 saturated carbocycles. The number of imide groups is 1. The topological polar surface area (TPSA) is 113 Å². The Bertz CT molecular complexity index is 1720. The van der Waals surface area contributed by atoms with Crippen molar-refractivity contribution in [2.45, 2.75) is 25.7 Å². The second kappa shape index (κ2) is 11.0. The maximum atomic E-state index is 14.2. The molecular formula is C34H31IN2O7. The van der Waals surface area contributed by atoms with Gasteiger partial charge in [-0.1, -0.05) is 11.6 Å². The first-order valence-electron chi connectivity index (χ1n) is 14.8. The highest BCUT2D eigenvalue weighted by atomic mass is 127. The number of ketones is 2. The molecule has 2 aliphatic heterocycles. The number of methoxy groups -OCH3 is 1. The Morgan fingerprint density at radius 1 is 0.977 bits per heavy atom. The molecule has 9 nitrogen and oxygen atoms in total. The van der Waals surface area contributed by atoms with Crippen LogP contribution in [0.2, 0.25) is 0 Å². The van der Waals surface area contributed by atoms with Crippen LogP contribution < -0.4 is 14.5 Å². The molecule has 226 valence electrons. The summed E-state index contributed by atoms with van der Waals surface area (Å²) in [6.45, 7) is 4.50. The third kappa shape index (κ3) is 4.44. The van der Waals surface area contributed by atoms with Crippen molar-refractivity contribution in [1.29, 1.82) is 0 Å². The lowest BCUT2D eigenvalue weighted by Gasteiger charge is -2.42. The number of aromatic hydroxyl groups is 1. The zero-order valence-corrected chi connectivity index (χ0v) is 26.5. The number of phenols is 1. The lowest BCUT2D eigenvalue weighted by molar-refractivity contribution is -0.123. The molecule has 10 heteroatoms. The first kappa shape index (κ1) is 29.0. The second-order valence-electron chi connectivity index (χ2n) is 11.9. The van der Waals surface area contributed by atoms with E-state index in [0.29, 0.717) is 51.2 Å². The molecular weight excluding hydrogens is 675 g/mol. The predicted octanol–water partition coefficient (Wildman–Crippen LogP) is 4.48. The molecule has 44 heavy (non-hydrogen) atoms. The molecule has 2 heterocycles. The number of carbonyl (C=O) groups is 4. The summed E-state index contributed by atoms with van der Waals surface area (Å²) in [5.74, 6) is -2.99. The van der Waals surface area contributed by atoms with E-state index in [-0.39, 0.29) is 41.3 Å². The lowest BCUT2D eigenvalue weighted by atomic mass is 9.59. The Morgan fingerprint density at radius 3 is 2.39 bits per heavy atom. The van der Waals surface area contributed by atoms with E-state index < -0.39 is 23.7 Å². The number of hydrogen-bond acceptors (Lipinski definition) is 8.